The average molecular weight is 249 g/mol. The Bertz CT molecular complexity index is 480. The standard InChI is InChI=1S/C13H16FN3O/c1-8(2)5-12(16)13(18)17-10-3-4-11(14)9(6-10)7-15/h3-4,6,8,12H,5,16H2,1-2H3,(H,17,18)/t12-/m0/s1. The molecule has 0 aromatic heterocycles. The monoisotopic (exact) mass is 249 g/mol. The molecule has 1 aromatic rings. The van der Waals surface area contributed by atoms with Gasteiger partial charge in [-0.25, -0.2) is 4.39 Å². The zero-order chi connectivity index (χ0) is 13.7. The Morgan fingerprint density at radius 2 is 2.22 bits per heavy atom. The van der Waals surface area contributed by atoms with Gasteiger partial charge >= 0.3 is 0 Å². The van der Waals surface area contributed by atoms with Gasteiger partial charge in [-0.15, -0.1) is 0 Å². The molecule has 0 bridgehead atoms. The van der Waals surface area contributed by atoms with Gasteiger partial charge in [0.05, 0.1) is 11.6 Å². The molecule has 4 nitrogen and oxygen atoms in total. The molecule has 0 heterocycles. The van der Waals surface area contributed by atoms with Crippen LogP contribution in [0.5, 0.6) is 0 Å². The van der Waals surface area contributed by atoms with Gasteiger partial charge in [0.25, 0.3) is 0 Å². The van der Waals surface area contributed by atoms with Gasteiger partial charge in [-0.3, -0.25) is 4.79 Å². The maximum absolute atomic E-state index is 13.1. The number of rotatable bonds is 4. The van der Waals surface area contributed by atoms with Crippen LogP contribution in [0.25, 0.3) is 0 Å². The van der Waals surface area contributed by atoms with E-state index < -0.39 is 11.9 Å². The number of hydrogen-bond acceptors (Lipinski definition) is 3. The van der Waals surface area contributed by atoms with E-state index in [2.05, 4.69) is 5.32 Å². The van der Waals surface area contributed by atoms with Crippen molar-refractivity contribution in [3.8, 4) is 6.07 Å². The van der Waals surface area contributed by atoms with Crippen LogP contribution < -0.4 is 11.1 Å². The first-order valence-electron chi connectivity index (χ1n) is 5.70. The molecule has 1 amide bonds. The van der Waals surface area contributed by atoms with Crippen molar-refractivity contribution in [2.45, 2.75) is 26.3 Å². The lowest BCUT2D eigenvalue weighted by Gasteiger charge is -2.14. The van der Waals surface area contributed by atoms with Gasteiger partial charge in [0.2, 0.25) is 5.91 Å². The Kier molecular flexibility index (Phi) is 4.81. The lowest BCUT2D eigenvalue weighted by Crippen LogP contribution is -2.36. The number of halogens is 1. The van der Waals surface area contributed by atoms with Gasteiger partial charge in [-0.05, 0) is 30.5 Å². The van der Waals surface area contributed by atoms with Crippen LogP contribution >= 0.6 is 0 Å². The van der Waals surface area contributed by atoms with Crippen LogP contribution in [0.1, 0.15) is 25.8 Å². The smallest absolute Gasteiger partial charge is 0.241 e. The summed E-state index contributed by atoms with van der Waals surface area (Å²) in [4.78, 5) is 11.7. The Balaban J connectivity index is 2.74. The summed E-state index contributed by atoms with van der Waals surface area (Å²) in [7, 11) is 0. The van der Waals surface area contributed by atoms with E-state index in [4.69, 9.17) is 11.0 Å². The summed E-state index contributed by atoms with van der Waals surface area (Å²) in [6.07, 6.45) is 0.568. The van der Waals surface area contributed by atoms with E-state index in [0.717, 1.165) is 6.07 Å². The molecular weight excluding hydrogens is 233 g/mol. The number of amides is 1. The molecule has 0 aliphatic heterocycles. The summed E-state index contributed by atoms with van der Waals surface area (Å²) in [5.41, 5.74) is 5.98. The lowest BCUT2D eigenvalue weighted by molar-refractivity contribution is -0.117. The highest BCUT2D eigenvalue weighted by molar-refractivity contribution is 5.94. The van der Waals surface area contributed by atoms with Gasteiger partial charge in [0.15, 0.2) is 0 Å². The second-order valence-corrected chi connectivity index (χ2v) is 4.53. The van der Waals surface area contributed by atoms with Crippen molar-refractivity contribution >= 4 is 11.6 Å². The average Bonchev–Trinajstić information content (AvgIpc) is 2.30. The first kappa shape index (κ1) is 14.1. The zero-order valence-corrected chi connectivity index (χ0v) is 10.4. The van der Waals surface area contributed by atoms with Gasteiger partial charge in [0.1, 0.15) is 11.9 Å². The van der Waals surface area contributed by atoms with E-state index in [1.165, 1.54) is 12.1 Å². The summed E-state index contributed by atoms with van der Waals surface area (Å²) in [5, 5.41) is 11.2. The minimum atomic E-state index is -0.611. The van der Waals surface area contributed by atoms with Crippen LogP contribution in [-0.4, -0.2) is 11.9 Å². The fraction of sp³-hybridized carbons (Fsp3) is 0.385. The topological polar surface area (TPSA) is 78.9 Å². The second kappa shape index (κ2) is 6.12. The Morgan fingerprint density at radius 3 is 2.78 bits per heavy atom. The fourth-order valence-corrected chi connectivity index (χ4v) is 1.54. The molecule has 5 heteroatoms. The van der Waals surface area contributed by atoms with E-state index in [9.17, 15) is 9.18 Å². The van der Waals surface area contributed by atoms with Gasteiger partial charge in [0, 0.05) is 5.69 Å². The normalized spacial score (nSPS) is 12.0. The Labute approximate surface area is 106 Å². The first-order chi connectivity index (χ1) is 8.43. The van der Waals surface area contributed by atoms with Crippen LogP contribution in [0.4, 0.5) is 10.1 Å². The number of carbonyl (C=O) groups is 1. The number of nitriles is 1. The lowest BCUT2D eigenvalue weighted by atomic mass is 10.0. The number of carbonyl (C=O) groups excluding carboxylic acids is 1. The fourth-order valence-electron chi connectivity index (χ4n) is 1.54. The molecule has 1 rings (SSSR count). The molecule has 0 fully saturated rings. The highest BCUT2D eigenvalue weighted by Gasteiger charge is 2.15. The number of benzene rings is 1. The summed E-state index contributed by atoms with van der Waals surface area (Å²) >= 11 is 0. The molecule has 96 valence electrons. The van der Waals surface area contributed by atoms with Crippen LogP contribution in [0, 0.1) is 23.1 Å². The maximum Gasteiger partial charge on any atom is 0.241 e. The molecule has 0 saturated carbocycles. The number of nitrogens with one attached hydrogen (secondary N) is 1. The van der Waals surface area contributed by atoms with Crippen molar-refractivity contribution in [1.82, 2.24) is 0 Å². The molecule has 0 saturated heterocycles. The van der Waals surface area contributed by atoms with Crippen molar-refractivity contribution < 1.29 is 9.18 Å². The molecule has 0 aliphatic rings. The van der Waals surface area contributed by atoms with Crippen LogP contribution in [-0.2, 0) is 4.79 Å². The molecule has 3 N–H and O–H groups in total. The number of anilines is 1. The quantitative estimate of drug-likeness (QED) is 0.856. The largest absolute Gasteiger partial charge is 0.325 e. The predicted octanol–water partition coefficient (Wildman–Crippen LogP) is 2.01. The number of nitrogens with two attached hydrogens (primary N) is 1. The summed E-state index contributed by atoms with van der Waals surface area (Å²) in [6.45, 7) is 3.94. The SMILES string of the molecule is CC(C)C[C@H](N)C(=O)Nc1ccc(F)c(C#N)c1. The van der Waals surface area contributed by atoms with Crippen LogP contribution in [0.15, 0.2) is 18.2 Å². The maximum atomic E-state index is 13.1. The minimum absolute atomic E-state index is 0.106. The molecule has 18 heavy (non-hydrogen) atoms. The van der Waals surface area contributed by atoms with Gasteiger partial charge in [-0.2, -0.15) is 5.26 Å². The van der Waals surface area contributed by atoms with E-state index in [0.29, 0.717) is 18.0 Å². The third-order valence-electron chi connectivity index (χ3n) is 2.42. The van der Waals surface area contributed by atoms with Crippen molar-refractivity contribution in [2.75, 3.05) is 5.32 Å². The van der Waals surface area contributed by atoms with Crippen molar-refractivity contribution in [1.29, 1.82) is 5.26 Å². The van der Waals surface area contributed by atoms with Gasteiger partial charge in [-0.1, -0.05) is 13.8 Å². The third-order valence-corrected chi connectivity index (χ3v) is 2.42. The van der Waals surface area contributed by atoms with Gasteiger partial charge < -0.3 is 11.1 Å². The van der Waals surface area contributed by atoms with Crippen molar-refractivity contribution in [3.63, 3.8) is 0 Å². The molecule has 1 atom stereocenters. The van der Waals surface area contributed by atoms with Crippen molar-refractivity contribution in [3.05, 3.63) is 29.6 Å². The Morgan fingerprint density at radius 1 is 1.56 bits per heavy atom. The molecular formula is C13H16FN3O. The van der Waals surface area contributed by atoms with Crippen LogP contribution in [0.3, 0.4) is 0 Å². The summed E-state index contributed by atoms with van der Waals surface area (Å²) in [6, 6.07) is 4.93. The second-order valence-electron chi connectivity index (χ2n) is 4.53. The summed E-state index contributed by atoms with van der Waals surface area (Å²) in [5.74, 6) is -0.630. The predicted molar refractivity (Wildman–Crippen MR) is 67.2 cm³/mol. The van der Waals surface area contributed by atoms with E-state index in [1.54, 1.807) is 6.07 Å². The molecule has 0 radical (unpaired) electrons. The minimum Gasteiger partial charge on any atom is -0.325 e. The Hall–Kier alpha value is -1.93. The third kappa shape index (κ3) is 3.82. The summed E-state index contributed by atoms with van der Waals surface area (Å²) < 4.78 is 13.1. The van der Waals surface area contributed by atoms with Crippen molar-refractivity contribution in [2.24, 2.45) is 11.7 Å². The number of nitrogens with zero attached hydrogens (tertiary/aromatic N) is 1. The highest BCUT2D eigenvalue weighted by atomic mass is 19.1. The van der Waals surface area contributed by atoms with E-state index >= 15 is 0 Å². The number of hydrogen-bond donors (Lipinski definition) is 2. The molecule has 1 aromatic carbocycles. The highest BCUT2D eigenvalue weighted by Crippen LogP contribution is 2.14. The molecule has 0 spiro atoms. The van der Waals surface area contributed by atoms with E-state index in [-0.39, 0.29) is 11.5 Å². The first-order valence-corrected chi connectivity index (χ1v) is 5.70. The van der Waals surface area contributed by atoms with Crippen LogP contribution in [0.2, 0.25) is 0 Å². The zero-order valence-electron chi connectivity index (χ0n) is 10.4. The molecule has 0 aliphatic carbocycles. The van der Waals surface area contributed by atoms with E-state index in [1.807, 2.05) is 13.8 Å². The molecule has 0 unspecified atom stereocenters.